The summed E-state index contributed by atoms with van der Waals surface area (Å²) in [7, 11) is 2.29. The predicted octanol–water partition coefficient (Wildman–Crippen LogP) is 7.76. The Balaban J connectivity index is 1.54. The summed E-state index contributed by atoms with van der Waals surface area (Å²) in [4.78, 5) is 21.4. The Morgan fingerprint density at radius 2 is 1.94 bits per heavy atom. The van der Waals surface area contributed by atoms with Gasteiger partial charge in [0.1, 0.15) is 17.4 Å². The molecule has 2 unspecified atom stereocenters. The fourth-order valence-electron chi connectivity index (χ4n) is 6.71. The van der Waals surface area contributed by atoms with Crippen LogP contribution >= 0.6 is 0 Å². The van der Waals surface area contributed by atoms with Gasteiger partial charge in [0.05, 0.1) is 12.1 Å². The third-order valence-corrected chi connectivity index (χ3v) is 10.9. The molecule has 52 heavy (non-hydrogen) atoms. The van der Waals surface area contributed by atoms with Crippen LogP contribution < -0.4 is 4.74 Å². The van der Waals surface area contributed by atoms with Crippen molar-refractivity contribution in [3.05, 3.63) is 124 Å². The molecule has 0 saturated carbocycles. The highest BCUT2D eigenvalue weighted by molar-refractivity contribution is 7.84. The van der Waals surface area contributed by atoms with E-state index >= 15 is 8.78 Å². The van der Waals surface area contributed by atoms with E-state index in [4.69, 9.17) is 9.73 Å². The van der Waals surface area contributed by atoms with Crippen LogP contribution in [0.4, 0.5) is 8.78 Å². The molecule has 0 saturated heterocycles. The van der Waals surface area contributed by atoms with Gasteiger partial charge in [0.2, 0.25) is 0 Å². The van der Waals surface area contributed by atoms with E-state index in [0.717, 1.165) is 22.2 Å². The number of aliphatic carboxylic acids is 1. The summed E-state index contributed by atoms with van der Waals surface area (Å²) >= 11 is 0. The second-order valence-corrected chi connectivity index (χ2v) is 15.1. The topological polar surface area (TPSA) is 113 Å². The minimum Gasteiger partial charge on any atom is -0.481 e. The largest absolute Gasteiger partial charge is 0.481 e. The van der Waals surface area contributed by atoms with E-state index in [1.165, 1.54) is 24.3 Å². The highest BCUT2D eigenvalue weighted by atomic mass is 32.2. The molecule has 272 valence electrons. The number of hydrogen-bond donors (Lipinski definition) is 2. The van der Waals surface area contributed by atoms with Gasteiger partial charge in [-0.25, -0.2) is 13.8 Å². The lowest BCUT2D eigenvalue weighted by Gasteiger charge is -2.33. The molecule has 0 radical (unpaired) electrons. The standard InChI is InChI=1S/C40H43F2N5O4S/c1-5-7-36-40(2,27-9-6-8-26(22-27)10-13-37(48)49)16-20-52(50)21-19-47-28(14-18-44-47)23-31-30-15-17-43-35(30)25-34(42)38(31)51-29-11-12-33(41)32(24-29)39(45-36)46(3)4/h6-9,11-12,14-15,17-18,22,24-25,43H,5,10,13,16,19-21,23H2,1-4H3,(H,48,49)/b36-7+,45-39?. The molecular formula is C40H43F2N5O4S. The molecule has 0 amide bonds. The zero-order valence-electron chi connectivity index (χ0n) is 29.8. The maximum atomic E-state index is 15.9. The lowest BCUT2D eigenvalue weighted by molar-refractivity contribution is -0.136. The number of aromatic nitrogens is 3. The van der Waals surface area contributed by atoms with Crippen molar-refractivity contribution in [3.63, 3.8) is 0 Å². The molecule has 2 aromatic heterocycles. The van der Waals surface area contributed by atoms with Gasteiger partial charge in [-0.3, -0.25) is 13.7 Å². The minimum atomic E-state index is -1.26. The van der Waals surface area contributed by atoms with Crippen LogP contribution in [0, 0.1) is 11.6 Å². The average molecular weight is 728 g/mol. The molecule has 1 aliphatic heterocycles. The number of carbonyl (C=O) groups is 1. The summed E-state index contributed by atoms with van der Waals surface area (Å²) in [6.07, 6.45) is 7.12. The smallest absolute Gasteiger partial charge is 0.303 e. The number of halogens is 2. The number of amidine groups is 1. The van der Waals surface area contributed by atoms with E-state index < -0.39 is 33.8 Å². The van der Waals surface area contributed by atoms with Crippen molar-refractivity contribution in [3.8, 4) is 11.5 Å². The fourth-order valence-corrected chi connectivity index (χ4v) is 7.93. The van der Waals surface area contributed by atoms with Gasteiger partial charge in [0.25, 0.3) is 0 Å². The zero-order valence-corrected chi connectivity index (χ0v) is 30.6. The molecule has 5 aromatic rings. The summed E-state index contributed by atoms with van der Waals surface area (Å²) < 4.78 is 53.7. The maximum absolute atomic E-state index is 15.9. The molecule has 1 aliphatic rings. The highest BCUT2D eigenvalue weighted by Gasteiger charge is 2.33. The SMILES string of the molecule is CC/C=C1/N=C(N(C)C)c2cc(ccc2F)Oc2c(F)cc3[nH]ccc3c2Cc2ccnn2CCS(=O)CCC1(C)c1cccc(CCC(=O)O)c1. The van der Waals surface area contributed by atoms with Crippen LogP contribution in [0.3, 0.4) is 0 Å². The number of carboxylic acids is 1. The van der Waals surface area contributed by atoms with Gasteiger partial charge in [0, 0.05) is 101 Å². The summed E-state index contributed by atoms with van der Waals surface area (Å²) in [6.45, 7) is 4.43. The lowest BCUT2D eigenvalue weighted by atomic mass is 9.76. The van der Waals surface area contributed by atoms with E-state index in [1.54, 1.807) is 36.1 Å². The number of rotatable bonds is 5. The number of allylic oxidation sites excluding steroid dienone is 2. The van der Waals surface area contributed by atoms with Crippen molar-refractivity contribution >= 4 is 33.5 Å². The Bertz CT molecular complexity index is 2190. The van der Waals surface area contributed by atoms with Crippen molar-refractivity contribution in [2.24, 2.45) is 4.99 Å². The molecule has 9 nitrogen and oxygen atoms in total. The number of aromatic amines is 1. The first-order valence-electron chi connectivity index (χ1n) is 17.4. The number of carboxylic acid groups (broad SMARTS) is 1. The second-order valence-electron chi connectivity index (χ2n) is 13.4. The molecule has 0 spiro atoms. The van der Waals surface area contributed by atoms with Crippen LogP contribution in [0.15, 0.2) is 89.8 Å². The van der Waals surface area contributed by atoms with E-state index in [-0.39, 0.29) is 29.9 Å². The minimum absolute atomic E-state index is 0.0116. The van der Waals surface area contributed by atoms with Crippen LogP contribution in [0.2, 0.25) is 0 Å². The molecule has 2 N–H and O–H groups in total. The third kappa shape index (κ3) is 7.86. The van der Waals surface area contributed by atoms with E-state index in [9.17, 15) is 14.1 Å². The van der Waals surface area contributed by atoms with Gasteiger partial charge >= 0.3 is 5.97 Å². The summed E-state index contributed by atoms with van der Waals surface area (Å²) in [5.74, 6) is -0.729. The molecule has 2 bridgehead atoms. The monoisotopic (exact) mass is 727 g/mol. The molecule has 0 aliphatic carbocycles. The van der Waals surface area contributed by atoms with E-state index in [0.29, 0.717) is 59.9 Å². The Morgan fingerprint density at radius 1 is 1.12 bits per heavy atom. The Kier molecular flexibility index (Phi) is 11.0. The summed E-state index contributed by atoms with van der Waals surface area (Å²) in [6, 6.07) is 17.2. The van der Waals surface area contributed by atoms with Crippen LogP contribution in [0.5, 0.6) is 11.5 Å². The van der Waals surface area contributed by atoms with Gasteiger partial charge in [-0.2, -0.15) is 5.10 Å². The molecular weight excluding hydrogens is 685 g/mol. The van der Waals surface area contributed by atoms with Crippen molar-refractivity contribution in [2.75, 3.05) is 25.6 Å². The first-order chi connectivity index (χ1) is 25.0. The molecule has 0 fully saturated rings. The predicted molar refractivity (Wildman–Crippen MR) is 201 cm³/mol. The lowest BCUT2D eigenvalue weighted by Crippen LogP contribution is -2.31. The van der Waals surface area contributed by atoms with Crippen molar-refractivity contribution < 1.29 is 27.6 Å². The summed E-state index contributed by atoms with van der Waals surface area (Å²) in [5.41, 5.74) is 3.79. The number of benzene rings is 3. The van der Waals surface area contributed by atoms with Crippen molar-refractivity contribution in [1.29, 1.82) is 0 Å². The van der Waals surface area contributed by atoms with Crippen molar-refractivity contribution in [2.45, 2.75) is 57.9 Å². The Labute approximate surface area is 304 Å². The summed E-state index contributed by atoms with van der Waals surface area (Å²) in [5, 5.41) is 14.6. The highest BCUT2D eigenvalue weighted by Crippen LogP contribution is 2.40. The van der Waals surface area contributed by atoms with E-state index in [2.05, 4.69) is 10.1 Å². The number of H-pyrrole nitrogens is 1. The fraction of sp³-hybridized carbons (Fsp3) is 0.325. The number of nitrogens with zero attached hydrogens (tertiary/aromatic N) is 4. The van der Waals surface area contributed by atoms with Crippen LogP contribution in [-0.4, -0.2) is 66.4 Å². The maximum Gasteiger partial charge on any atom is 0.303 e. The van der Waals surface area contributed by atoms with E-state index in [1.807, 2.05) is 56.3 Å². The Hall–Kier alpha value is -5.10. The first-order valence-corrected chi connectivity index (χ1v) is 18.9. The molecule has 12 heteroatoms. The first kappa shape index (κ1) is 36.7. The number of hydrogen-bond acceptors (Lipinski definition) is 6. The number of ether oxygens (including phenoxy) is 1. The van der Waals surface area contributed by atoms with Crippen LogP contribution in [0.25, 0.3) is 10.9 Å². The number of aryl methyl sites for hydroxylation is 2. The Morgan fingerprint density at radius 3 is 2.71 bits per heavy atom. The zero-order chi connectivity index (χ0) is 37.0. The molecule has 6 rings (SSSR count). The van der Waals surface area contributed by atoms with Gasteiger partial charge in [-0.05, 0) is 67.6 Å². The van der Waals surface area contributed by atoms with Gasteiger partial charge in [-0.15, -0.1) is 0 Å². The second kappa shape index (κ2) is 15.6. The van der Waals surface area contributed by atoms with Crippen LogP contribution in [0.1, 0.15) is 61.1 Å². The molecule has 3 heterocycles. The number of aliphatic imine (C=N–C) groups is 1. The van der Waals surface area contributed by atoms with Crippen LogP contribution in [-0.2, 0) is 40.4 Å². The van der Waals surface area contributed by atoms with Crippen molar-refractivity contribution in [1.82, 2.24) is 19.7 Å². The van der Waals surface area contributed by atoms with Gasteiger partial charge in [0.15, 0.2) is 11.6 Å². The molecule has 2 atom stereocenters. The average Bonchev–Trinajstić information content (AvgIpc) is 3.78. The van der Waals surface area contributed by atoms with Gasteiger partial charge < -0.3 is 19.7 Å². The quantitative estimate of drug-likeness (QED) is 0.192. The number of fused-ring (bicyclic) bond motifs is 6. The molecule has 3 aromatic carbocycles. The van der Waals surface area contributed by atoms with Gasteiger partial charge in [-0.1, -0.05) is 37.3 Å². The third-order valence-electron chi connectivity index (χ3n) is 9.59. The normalized spacial score (nSPS) is 19.2. The number of nitrogens with one attached hydrogen (secondary N) is 1.